The maximum atomic E-state index is 11.7. The van der Waals surface area contributed by atoms with Crippen LogP contribution >= 0.6 is 23.2 Å². The van der Waals surface area contributed by atoms with E-state index in [1.165, 1.54) is 19.2 Å². The lowest BCUT2D eigenvalue weighted by Crippen LogP contribution is -2.34. The fourth-order valence-corrected chi connectivity index (χ4v) is 1.64. The number of carbonyl (C=O) groups excluding carboxylic acids is 1. The summed E-state index contributed by atoms with van der Waals surface area (Å²) < 4.78 is 4.74. The molecule has 1 rings (SSSR count). The van der Waals surface area contributed by atoms with Gasteiger partial charge in [-0.2, -0.15) is 0 Å². The maximum Gasteiger partial charge on any atom is 0.251 e. The highest BCUT2D eigenvalue weighted by Gasteiger charge is 2.12. The number of hydrogen-bond donors (Lipinski definition) is 3. The SMILES string of the molecule is COCC(O)CNC(=O)c1cc(N)c(Cl)c(Cl)c1. The first-order valence-electron chi connectivity index (χ1n) is 5.15. The van der Waals surface area contributed by atoms with Gasteiger partial charge in [-0.25, -0.2) is 0 Å². The Balaban J connectivity index is 2.67. The zero-order valence-corrected chi connectivity index (χ0v) is 11.3. The number of carbonyl (C=O) groups is 1. The smallest absolute Gasteiger partial charge is 0.251 e. The summed E-state index contributed by atoms with van der Waals surface area (Å²) >= 11 is 11.6. The molecule has 0 aromatic heterocycles. The van der Waals surface area contributed by atoms with Crippen molar-refractivity contribution in [2.45, 2.75) is 6.10 Å². The minimum Gasteiger partial charge on any atom is -0.397 e. The second kappa shape index (κ2) is 6.80. The van der Waals surface area contributed by atoms with Crippen molar-refractivity contribution in [2.75, 3.05) is 26.0 Å². The Kier molecular flexibility index (Phi) is 5.68. The average molecular weight is 293 g/mol. The van der Waals surface area contributed by atoms with Crippen LogP contribution in [0.1, 0.15) is 10.4 Å². The summed E-state index contributed by atoms with van der Waals surface area (Å²) in [5.74, 6) is -0.393. The van der Waals surface area contributed by atoms with Crippen molar-refractivity contribution in [1.29, 1.82) is 0 Å². The van der Waals surface area contributed by atoms with Crippen LogP contribution < -0.4 is 11.1 Å². The second-order valence-corrected chi connectivity index (χ2v) is 4.47. The number of nitrogens with two attached hydrogens (primary N) is 1. The van der Waals surface area contributed by atoms with E-state index >= 15 is 0 Å². The van der Waals surface area contributed by atoms with Gasteiger partial charge in [-0.05, 0) is 12.1 Å². The van der Waals surface area contributed by atoms with Crippen LogP contribution in [0.15, 0.2) is 12.1 Å². The Hall–Kier alpha value is -1.01. The first-order chi connectivity index (χ1) is 8.45. The lowest BCUT2D eigenvalue weighted by atomic mass is 10.2. The van der Waals surface area contributed by atoms with Gasteiger partial charge in [0.25, 0.3) is 5.91 Å². The van der Waals surface area contributed by atoms with Gasteiger partial charge in [-0.1, -0.05) is 23.2 Å². The molecule has 4 N–H and O–H groups in total. The van der Waals surface area contributed by atoms with E-state index in [0.29, 0.717) is 0 Å². The molecule has 0 aliphatic heterocycles. The Morgan fingerprint density at radius 3 is 2.78 bits per heavy atom. The predicted molar refractivity (Wildman–Crippen MR) is 71.1 cm³/mol. The molecule has 5 nitrogen and oxygen atoms in total. The number of aliphatic hydroxyl groups excluding tert-OH is 1. The largest absolute Gasteiger partial charge is 0.397 e. The number of anilines is 1. The van der Waals surface area contributed by atoms with E-state index < -0.39 is 12.0 Å². The number of aliphatic hydroxyl groups is 1. The first-order valence-corrected chi connectivity index (χ1v) is 5.91. The maximum absolute atomic E-state index is 11.7. The van der Waals surface area contributed by atoms with Gasteiger partial charge in [0.05, 0.1) is 28.4 Å². The summed E-state index contributed by atoms with van der Waals surface area (Å²) in [6, 6.07) is 2.84. The first kappa shape index (κ1) is 15.0. The standard InChI is InChI=1S/C11H14Cl2N2O3/c1-18-5-7(16)4-15-11(17)6-2-8(12)10(13)9(14)3-6/h2-3,7,16H,4-5,14H2,1H3,(H,15,17). The highest BCUT2D eigenvalue weighted by Crippen LogP contribution is 2.29. The number of hydrogen-bond acceptors (Lipinski definition) is 4. The van der Waals surface area contributed by atoms with E-state index in [2.05, 4.69) is 5.32 Å². The van der Waals surface area contributed by atoms with Crippen LogP contribution in [0.3, 0.4) is 0 Å². The highest BCUT2D eigenvalue weighted by atomic mass is 35.5. The molecular weight excluding hydrogens is 279 g/mol. The average Bonchev–Trinajstić information content (AvgIpc) is 2.32. The number of methoxy groups -OCH3 is 1. The Morgan fingerprint density at radius 2 is 2.22 bits per heavy atom. The van der Waals surface area contributed by atoms with Crippen LogP contribution in [0.25, 0.3) is 0 Å². The molecule has 0 bridgehead atoms. The van der Waals surface area contributed by atoms with Crippen molar-refractivity contribution in [2.24, 2.45) is 0 Å². The van der Waals surface area contributed by atoms with E-state index in [1.807, 2.05) is 0 Å². The molecule has 0 radical (unpaired) electrons. The zero-order valence-electron chi connectivity index (χ0n) is 9.74. The summed E-state index contributed by atoms with van der Waals surface area (Å²) in [6.45, 7) is 0.219. The lowest BCUT2D eigenvalue weighted by Gasteiger charge is -2.11. The Labute approximate surface area is 115 Å². The number of nitrogen functional groups attached to an aromatic ring is 1. The topological polar surface area (TPSA) is 84.6 Å². The van der Waals surface area contributed by atoms with E-state index in [9.17, 15) is 9.90 Å². The molecule has 0 fully saturated rings. The van der Waals surface area contributed by atoms with Gasteiger partial charge < -0.3 is 20.9 Å². The minimum atomic E-state index is -0.765. The molecule has 100 valence electrons. The summed E-state index contributed by atoms with van der Waals surface area (Å²) in [7, 11) is 1.46. The van der Waals surface area contributed by atoms with E-state index in [0.717, 1.165) is 0 Å². The molecule has 0 spiro atoms. The molecular formula is C11H14Cl2N2O3. The van der Waals surface area contributed by atoms with Crippen molar-refractivity contribution in [3.63, 3.8) is 0 Å². The Morgan fingerprint density at radius 1 is 1.56 bits per heavy atom. The third-order valence-corrected chi connectivity index (χ3v) is 2.99. The number of nitrogens with one attached hydrogen (secondary N) is 1. The number of benzene rings is 1. The van der Waals surface area contributed by atoms with Crippen molar-refractivity contribution in [1.82, 2.24) is 5.32 Å². The number of ether oxygens (including phenoxy) is 1. The quantitative estimate of drug-likeness (QED) is 0.715. The van der Waals surface area contributed by atoms with Crippen LogP contribution in [0.2, 0.25) is 10.0 Å². The third-order valence-electron chi connectivity index (χ3n) is 2.18. The van der Waals surface area contributed by atoms with Crippen LogP contribution in [0.4, 0.5) is 5.69 Å². The highest BCUT2D eigenvalue weighted by molar-refractivity contribution is 6.43. The molecule has 0 saturated heterocycles. The van der Waals surface area contributed by atoms with Crippen LogP contribution in [-0.4, -0.2) is 37.4 Å². The molecule has 7 heteroatoms. The molecule has 0 aliphatic rings. The number of amides is 1. The molecule has 1 aromatic carbocycles. The Bertz CT molecular complexity index is 417. The van der Waals surface area contributed by atoms with Gasteiger partial charge in [0.2, 0.25) is 0 Å². The van der Waals surface area contributed by atoms with Crippen LogP contribution in [0.5, 0.6) is 0 Å². The molecule has 0 aliphatic carbocycles. The summed E-state index contributed by atoms with van der Waals surface area (Å²) in [5, 5.41) is 12.3. The van der Waals surface area contributed by atoms with Crippen molar-refractivity contribution >= 4 is 34.8 Å². The summed E-state index contributed by atoms with van der Waals surface area (Å²) in [4.78, 5) is 11.7. The van der Waals surface area contributed by atoms with Crippen LogP contribution in [0, 0.1) is 0 Å². The zero-order chi connectivity index (χ0) is 13.7. The lowest BCUT2D eigenvalue weighted by molar-refractivity contribution is 0.0610. The molecule has 1 unspecified atom stereocenters. The molecule has 18 heavy (non-hydrogen) atoms. The fraction of sp³-hybridized carbons (Fsp3) is 0.364. The van der Waals surface area contributed by atoms with Gasteiger partial charge in [-0.15, -0.1) is 0 Å². The van der Waals surface area contributed by atoms with Crippen molar-refractivity contribution in [3.8, 4) is 0 Å². The molecule has 1 amide bonds. The second-order valence-electron chi connectivity index (χ2n) is 3.68. The summed E-state index contributed by atoms with van der Waals surface area (Å²) in [5.41, 5.74) is 6.11. The van der Waals surface area contributed by atoms with Gasteiger partial charge in [0.1, 0.15) is 0 Å². The third kappa shape index (κ3) is 4.03. The molecule has 0 heterocycles. The molecule has 1 atom stereocenters. The monoisotopic (exact) mass is 292 g/mol. The van der Waals surface area contributed by atoms with E-state index in [1.54, 1.807) is 0 Å². The van der Waals surface area contributed by atoms with Gasteiger partial charge in [0, 0.05) is 19.2 Å². The molecule has 1 aromatic rings. The van der Waals surface area contributed by atoms with Gasteiger partial charge >= 0.3 is 0 Å². The number of rotatable bonds is 5. The fourth-order valence-electron chi connectivity index (χ4n) is 1.31. The molecule has 0 saturated carbocycles. The predicted octanol–water partition coefficient (Wildman–Crippen LogP) is 1.31. The normalized spacial score (nSPS) is 12.2. The van der Waals surface area contributed by atoms with Gasteiger partial charge in [0.15, 0.2) is 0 Å². The van der Waals surface area contributed by atoms with Crippen molar-refractivity contribution < 1.29 is 14.6 Å². The summed E-state index contributed by atoms with van der Waals surface area (Å²) in [6.07, 6.45) is -0.765. The van der Waals surface area contributed by atoms with Gasteiger partial charge in [-0.3, -0.25) is 4.79 Å². The minimum absolute atomic E-state index is 0.0762. The van der Waals surface area contributed by atoms with Crippen molar-refractivity contribution in [3.05, 3.63) is 27.7 Å². The van der Waals surface area contributed by atoms with E-state index in [4.69, 9.17) is 33.7 Å². The number of halogens is 2. The van der Waals surface area contributed by atoms with Crippen LogP contribution in [-0.2, 0) is 4.74 Å². The van der Waals surface area contributed by atoms with E-state index in [-0.39, 0.29) is 34.4 Å².